The Morgan fingerprint density at radius 3 is 2.69 bits per heavy atom. The molecule has 2 heterocycles. The normalized spacial score (nSPS) is 21.3. The first kappa shape index (κ1) is 21.2. The van der Waals surface area contributed by atoms with Gasteiger partial charge in [0.1, 0.15) is 5.69 Å². The fourth-order valence-corrected chi connectivity index (χ4v) is 5.68. The summed E-state index contributed by atoms with van der Waals surface area (Å²) in [6.45, 7) is 4.42. The molecule has 1 aliphatic heterocycles. The number of carbonyl (C=O) groups is 2. The Morgan fingerprint density at radius 1 is 1.16 bits per heavy atom. The Kier molecular flexibility index (Phi) is 5.51. The zero-order chi connectivity index (χ0) is 22.4. The van der Waals surface area contributed by atoms with Gasteiger partial charge in [-0.25, -0.2) is 4.98 Å². The molecule has 1 saturated carbocycles. The van der Waals surface area contributed by atoms with Crippen molar-refractivity contribution in [2.45, 2.75) is 38.8 Å². The minimum Gasteiger partial charge on any atom is -0.350 e. The van der Waals surface area contributed by atoms with Crippen LogP contribution in [-0.2, 0) is 0 Å². The molecule has 2 amide bonds. The summed E-state index contributed by atoms with van der Waals surface area (Å²) in [5.74, 6) is 0.347. The number of thiazole rings is 1. The van der Waals surface area contributed by atoms with Crippen LogP contribution in [0.1, 0.15) is 44.3 Å². The van der Waals surface area contributed by atoms with Gasteiger partial charge in [-0.2, -0.15) is 0 Å². The van der Waals surface area contributed by atoms with E-state index in [1.807, 2.05) is 36.9 Å². The molecule has 2 aliphatic rings. The first-order valence-corrected chi connectivity index (χ1v) is 12.0. The van der Waals surface area contributed by atoms with Crippen molar-refractivity contribution in [1.29, 1.82) is 0 Å². The quantitative estimate of drug-likeness (QED) is 0.569. The third-order valence-corrected chi connectivity index (χ3v) is 7.54. The Hall–Kier alpha value is -2.70. The number of aryl methyl sites for hydroxylation is 2. The van der Waals surface area contributed by atoms with E-state index in [4.69, 9.17) is 11.6 Å². The van der Waals surface area contributed by atoms with E-state index in [0.29, 0.717) is 28.7 Å². The predicted molar refractivity (Wildman–Crippen MR) is 127 cm³/mol. The van der Waals surface area contributed by atoms with Crippen LogP contribution in [0.2, 0.25) is 5.02 Å². The first-order valence-electron chi connectivity index (χ1n) is 10.8. The van der Waals surface area contributed by atoms with Gasteiger partial charge in [-0.15, -0.1) is 11.3 Å². The molecule has 0 spiro atoms. The molecule has 2 aromatic carbocycles. The molecule has 5 rings (SSSR count). The molecule has 164 valence electrons. The molecule has 32 heavy (non-hydrogen) atoms. The van der Waals surface area contributed by atoms with Crippen molar-refractivity contribution in [1.82, 2.24) is 15.2 Å². The van der Waals surface area contributed by atoms with E-state index in [1.165, 1.54) is 0 Å². The van der Waals surface area contributed by atoms with E-state index in [-0.39, 0.29) is 23.9 Å². The average Bonchev–Trinajstić information content (AvgIpc) is 3.26. The monoisotopic (exact) mass is 465 g/mol. The molecular weight excluding hydrogens is 442 g/mol. The topological polar surface area (TPSA) is 62.3 Å². The summed E-state index contributed by atoms with van der Waals surface area (Å²) in [6, 6.07) is 15.2. The van der Waals surface area contributed by atoms with Crippen LogP contribution in [0.15, 0.2) is 48.5 Å². The van der Waals surface area contributed by atoms with E-state index in [0.717, 1.165) is 33.9 Å². The molecule has 7 heteroatoms. The Bertz CT molecular complexity index is 1190. The van der Waals surface area contributed by atoms with Crippen LogP contribution in [0, 0.1) is 19.8 Å². The van der Waals surface area contributed by atoms with Gasteiger partial charge in [0.25, 0.3) is 11.8 Å². The summed E-state index contributed by atoms with van der Waals surface area (Å²) in [4.78, 5) is 33.8. The van der Waals surface area contributed by atoms with Gasteiger partial charge in [0.2, 0.25) is 0 Å². The fraction of sp³-hybridized carbons (Fsp3) is 0.320. The molecule has 0 radical (unpaired) electrons. The Morgan fingerprint density at radius 2 is 1.94 bits per heavy atom. The van der Waals surface area contributed by atoms with Crippen LogP contribution in [-0.4, -0.2) is 40.3 Å². The second kappa shape index (κ2) is 8.34. The summed E-state index contributed by atoms with van der Waals surface area (Å²) < 4.78 is 0. The van der Waals surface area contributed by atoms with Gasteiger partial charge in [0.15, 0.2) is 0 Å². The van der Waals surface area contributed by atoms with Crippen molar-refractivity contribution in [3.63, 3.8) is 0 Å². The second-order valence-corrected chi connectivity index (χ2v) is 10.3. The second-order valence-electron chi connectivity index (χ2n) is 8.66. The predicted octanol–water partition coefficient (Wildman–Crippen LogP) is 5.11. The molecular formula is C25H24ClN3O2S. The molecule has 5 nitrogen and oxygen atoms in total. The van der Waals surface area contributed by atoms with Crippen LogP contribution in [0.5, 0.6) is 0 Å². The lowest BCUT2D eigenvalue weighted by atomic mass is 10.1. The van der Waals surface area contributed by atoms with Gasteiger partial charge in [0, 0.05) is 23.2 Å². The highest BCUT2D eigenvalue weighted by molar-refractivity contribution is 7.15. The lowest BCUT2D eigenvalue weighted by Crippen LogP contribution is -2.45. The van der Waals surface area contributed by atoms with E-state index in [9.17, 15) is 9.59 Å². The average molecular weight is 466 g/mol. The van der Waals surface area contributed by atoms with Crippen LogP contribution in [0.25, 0.3) is 10.4 Å². The molecule has 1 N–H and O–H groups in total. The van der Waals surface area contributed by atoms with Gasteiger partial charge < -0.3 is 10.2 Å². The van der Waals surface area contributed by atoms with E-state index >= 15 is 0 Å². The van der Waals surface area contributed by atoms with E-state index in [2.05, 4.69) is 16.4 Å². The molecule has 1 saturated heterocycles. The zero-order valence-corrected chi connectivity index (χ0v) is 19.5. The van der Waals surface area contributed by atoms with Crippen molar-refractivity contribution in [2.24, 2.45) is 5.92 Å². The van der Waals surface area contributed by atoms with Crippen LogP contribution in [0.4, 0.5) is 0 Å². The molecule has 3 aromatic rings. The van der Waals surface area contributed by atoms with Gasteiger partial charge in [-0.3, -0.25) is 9.59 Å². The summed E-state index contributed by atoms with van der Waals surface area (Å²) in [5, 5.41) is 4.48. The van der Waals surface area contributed by atoms with Crippen LogP contribution >= 0.6 is 22.9 Å². The van der Waals surface area contributed by atoms with Crippen molar-refractivity contribution in [2.75, 3.05) is 6.54 Å². The maximum Gasteiger partial charge on any atom is 0.274 e. The summed E-state index contributed by atoms with van der Waals surface area (Å²) in [7, 11) is 0. The number of nitrogens with zero attached hydrogens (tertiary/aromatic N) is 2. The van der Waals surface area contributed by atoms with E-state index in [1.54, 1.807) is 35.6 Å². The van der Waals surface area contributed by atoms with Gasteiger partial charge in [-0.1, -0.05) is 41.4 Å². The van der Waals surface area contributed by atoms with Crippen LogP contribution < -0.4 is 5.32 Å². The van der Waals surface area contributed by atoms with Crippen molar-refractivity contribution < 1.29 is 9.59 Å². The maximum absolute atomic E-state index is 13.7. The highest BCUT2D eigenvalue weighted by atomic mass is 35.5. The number of aromatic nitrogens is 1. The SMILES string of the molecule is Cc1cccc(-c2sc(C)nc2C(=O)N2[C@H](CNC(=O)c3ccc(Cl)cc3)C[C@@H]3C[C@@H]32)c1. The van der Waals surface area contributed by atoms with Gasteiger partial charge in [-0.05, 0) is 62.4 Å². The van der Waals surface area contributed by atoms with E-state index < -0.39 is 0 Å². The number of hydrogen-bond donors (Lipinski definition) is 1. The molecule has 0 unspecified atom stereocenters. The van der Waals surface area contributed by atoms with Crippen LogP contribution in [0.3, 0.4) is 0 Å². The first-order chi connectivity index (χ1) is 15.4. The molecule has 3 atom stereocenters. The molecule has 2 fully saturated rings. The summed E-state index contributed by atoms with van der Waals surface area (Å²) in [5.41, 5.74) is 3.27. The van der Waals surface area contributed by atoms with Crippen molar-refractivity contribution in [3.8, 4) is 10.4 Å². The number of nitrogens with one attached hydrogen (secondary N) is 1. The Labute approximate surface area is 196 Å². The van der Waals surface area contributed by atoms with Gasteiger partial charge in [0.05, 0.1) is 15.9 Å². The molecule has 0 bridgehead atoms. The smallest absolute Gasteiger partial charge is 0.274 e. The summed E-state index contributed by atoms with van der Waals surface area (Å²) >= 11 is 7.47. The largest absolute Gasteiger partial charge is 0.350 e. The van der Waals surface area contributed by atoms with Crippen molar-refractivity contribution in [3.05, 3.63) is 75.4 Å². The fourth-order valence-electron chi connectivity index (χ4n) is 4.65. The number of benzene rings is 2. The number of hydrogen-bond acceptors (Lipinski definition) is 4. The number of fused-ring (bicyclic) bond motifs is 1. The lowest BCUT2D eigenvalue weighted by molar-refractivity contribution is 0.0684. The lowest BCUT2D eigenvalue weighted by Gasteiger charge is -2.27. The summed E-state index contributed by atoms with van der Waals surface area (Å²) in [6.07, 6.45) is 1.95. The van der Waals surface area contributed by atoms with Crippen molar-refractivity contribution >= 4 is 34.8 Å². The zero-order valence-electron chi connectivity index (χ0n) is 18.0. The number of piperidine rings is 1. The third-order valence-electron chi connectivity index (χ3n) is 6.27. The highest BCUT2D eigenvalue weighted by Crippen LogP contribution is 2.48. The molecule has 1 aromatic heterocycles. The standard InChI is InChI=1S/C25H24ClN3O2S/c1-14-4-3-5-17(10-14)23-22(28-15(2)32-23)25(31)29-20(11-18-12-21(18)29)13-27-24(30)16-6-8-19(26)9-7-16/h3-10,18,20-21H,11-13H2,1-2H3,(H,27,30)/t18-,20+,21+/m1/s1. The number of halogens is 1. The number of amides is 2. The molecule has 1 aliphatic carbocycles. The number of rotatable bonds is 5. The minimum atomic E-state index is -0.153. The number of likely N-dealkylation sites (tertiary alicyclic amines) is 1. The highest BCUT2D eigenvalue weighted by Gasteiger charge is 2.54. The number of carbonyl (C=O) groups excluding carboxylic acids is 2. The Balaban J connectivity index is 1.35. The van der Waals surface area contributed by atoms with Gasteiger partial charge >= 0.3 is 0 Å². The maximum atomic E-state index is 13.7. The minimum absolute atomic E-state index is 0.0186. The third kappa shape index (κ3) is 4.05.